The highest BCUT2D eigenvalue weighted by molar-refractivity contribution is 7.89. The highest BCUT2D eigenvalue weighted by Crippen LogP contribution is 2.11. The zero-order chi connectivity index (χ0) is 11.5. The Morgan fingerprint density at radius 1 is 1.33 bits per heavy atom. The Morgan fingerprint density at radius 2 is 1.87 bits per heavy atom. The molecule has 0 aliphatic heterocycles. The molecule has 0 atom stereocenters. The summed E-state index contributed by atoms with van der Waals surface area (Å²) < 4.78 is 29.8. The smallest absolute Gasteiger partial charge is 0.277 e. The molecule has 0 bridgehead atoms. The highest BCUT2D eigenvalue weighted by Gasteiger charge is 2.26. The summed E-state index contributed by atoms with van der Waals surface area (Å²) in [5.74, 6) is 0. The van der Waals surface area contributed by atoms with Crippen LogP contribution < -0.4 is 0 Å². The minimum absolute atomic E-state index is 0.321. The molecule has 1 aromatic carbocycles. The predicted octanol–water partition coefficient (Wildman–Crippen LogP) is 1.15. The van der Waals surface area contributed by atoms with Crippen molar-refractivity contribution in [3.05, 3.63) is 51.0 Å². The first-order chi connectivity index (χ1) is 6.91. The van der Waals surface area contributed by atoms with E-state index in [0.29, 0.717) is 5.56 Å². The molecule has 1 rings (SSSR count). The minimum atomic E-state index is -4.80. The fraction of sp³-hybridized carbons (Fsp3) is 0. The predicted molar refractivity (Wildman–Crippen MR) is 53.0 cm³/mol. The van der Waals surface area contributed by atoms with Gasteiger partial charge in [-0.1, -0.05) is 30.3 Å². The van der Waals surface area contributed by atoms with Crippen LogP contribution in [0.5, 0.6) is 0 Å². The van der Waals surface area contributed by atoms with Crippen molar-refractivity contribution in [1.82, 2.24) is 0 Å². The molecule has 1 aromatic rings. The summed E-state index contributed by atoms with van der Waals surface area (Å²) in [7, 11) is -4.80. The quantitative estimate of drug-likeness (QED) is 0.476. The van der Waals surface area contributed by atoms with Gasteiger partial charge in [0.15, 0.2) is 0 Å². The maximum Gasteiger partial charge on any atom is 0.386 e. The van der Waals surface area contributed by atoms with Crippen molar-refractivity contribution in [3.8, 4) is 0 Å². The summed E-state index contributed by atoms with van der Waals surface area (Å²) >= 11 is 0. The molecule has 6 nitrogen and oxygen atoms in total. The molecule has 0 spiro atoms. The minimum Gasteiger partial charge on any atom is -0.277 e. The molecule has 0 fully saturated rings. The zero-order valence-corrected chi connectivity index (χ0v) is 8.22. The van der Waals surface area contributed by atoms with Crippen LogP contribution in [0.15, 0.2) is 35.4 Å². The van der Waals surface area contributed by atoms with Crippen molar-refractivity contribution >= 4 is 16.2 Å². The fourth-order valence-corrected chi connectivity index (χ4v) is 1.39. The van der Waals surface area contributed by atoms with Crippen molar-refractivity contribution in [2.75, 3.05) is 0 Å². The van der Waals surface area contributed by atoms with Gasteiger partial charge in [-0.2, -0.15) is 8.42 Å². The van der Waals surface area contributed by atoms with Gasteiger partial charge in [0.1, 0.15) is 0 Å². The SMILES string of the molecule is O=[N+]([O-])C(=Cc1ccccc1)S(=O)(=O)O. The van der Waals surface area contributed by atoms with Crippen LogP contribution in [-0.4, -0.2) is 17.9 Å². The van der Waals surface area contributed by atoms with Gasteiger partial charge in [-0.05, 0) is 5.56 Å². The van der Waals surface area contributed by atoms with Gasteiger partial charge >= 0.3 is 15.1 Å². The Labute approximate surface area is 85.8 Å². The Hall–Kier alpha value is -1.73. The summed E-state index contributed by atoms with van der Waals surface area (Å²) in [5.41, 5.74) is 0.321. The Kier molecular flexibility index (Phi) is 3.17. The summed E-state index contributed by atoms with van der Waals surface area (Å²) in [6.07, 6.45) is 0.787. The summed E-state index contributed by atoms with van der Waals surface area (Å²) in [6.45, 7) is 0. The second-order valence-electron chi connectivity index (χ2n) is 2.63. The molecule has 7 heteroatoms. The van der Waals surface area contributed by atoms with Crippen LogP contribution in [0.2, 0.25) is 0 Å². The van der Waals surface area contributed by atoms with E-state index >= 15 is 0 Å². The lowest BCUT2D eigenvalue weighted by Gasteiger charge is -1.94. The van der Waals surface area contributed by atoms with Crippen molar-refractivity contribution in [2.24, 2.45) is 0 Å². The van der Waals surface area contributed by atoms with E-state index < -0.39 is 20.1 Å². The van der Waals surface area contributed by atoms with E-state index in [0.717, 1.165) is 6.08 Å². The lowest BCUT2D eigenvalue weighted by atomic mass is 10.2. The van der Waals surface area contributed by atoms with E-state index in [4.69, 9.17) is 4.55 Å². The molecule has 15 heavy (non-hydrogen) atoms. The molecule has 80 valence electrons. The molecule has 0 saturated carbocycles. The van der Waals surface area contributed by atoms with Gasteiger partial charge in [0.2, 0.25) is 0 Å². The monoisotopic (exact) mass is 229 g/mol. The van der Waals surface area contributed by atoms with Crippen LogP contribution in [0.4, 0.5) is 0 Å². The normalized spacial score (nSPS) is 12.5. The van der Waals surface area contributed by atoms with Gasteiger partial charge in [-0.15, -0.1) is 0 Å². The fourth-order valence-electron chi connectivity index (χ4n) is 0.913. The molecule has 0 unspecified atom stereocenters. The largest absolute Gasteiger partial charge is 0.386 e. The van der Waals surface area contributed by atoms with E-state index in [9.17, 15) is 18.5 Å². The van der Waals surface area contributed by atoms with Gasteiger partial charge in [-0.3, -0.25) is 14.7 Å². The van der Waals surface area contributed by atoms with Crippen LogP contribution in [0, 0.1) is 10.1 Å². The van der Waals surface area contributed by atoms with Crippen molar-refractivity contribution in [2.45, 2.75) is 0 Å². The average molecular weight is 229 g/mol. The first-order valence-corrected chi connectivity index (χ1v) is 5.24. The molecule has 0 saturated heterocycles. The Morgan fingerprint density at radius 3 is 2.27 bits per heavy atom. The number of rotatable bonds is 3. The molecular formula is C8H7NO5S. The van der Waals surface area contributed by atoms with Gasteiger partial charge in [0, 0.05) is 6.08 Å². The van der Waals surface area contributed by atoms with Gasteiger partial charge in [0.25, 0.3) is 0 Å². The van der Waals surface area contributed by atoms with Gasteiger partial charge < -0.3 is 0 Å². The van der Waals surface area contributed by atoms with E-state index in [-0.39, 0.29) is 0 Å². The number of hydrogen-bond acceptors (Lipinski definition) is 4. The third kappa shape index (κ3) is 3.15. The molecule has 0 amide bonds. The maximum atomic E-state index is 10.6. The van der Waals surface area contributed by atoms with Gasteiger partial charge in [0.05, 0.1) is 4.92 Å². The second-order valence-corrected chi connectivity index (χ2v) is 3.99. The zero-order valence-electron chi connectivity index (χ0n) is 7.40. The lowest BCUT2D eigenvalue weighted by molar-refractivity contribution is -0.410. The van der Waals surface area contributed by atoms with E-state index in [2.05, 4.69) is 0 Å². The van der Waals surface area contributed by atoms with Crippen molar-refractivity contribution in [3.63, 3.8) is 0 Å². The number of hydrogen-bond donors (Lipinski definition) is 1. The summed E-state index contributed by atoms with van der Waals surface area (Å²) in [4.78, 5) is 9.20. The van der Waals surface area contributed by atoms with E-state index in [1.807, 2.05) is 0 Å². The number of nitro groups is 1. The van der Waals surface area contributed by atoms with Gasteiger partial charge in [-0.25, -0.2) is 0 Å². The number of benzene rings is 1. The van der Waals surface area contributed by atoms with Crippen LogP contribution in [0.1, 0.15) is 5.56 Å². The Bertz CT molecular complexity index is 491. The third-order valence-corrected chi connectivity index (χ3v) is 2.33. The standard InChI is InChI=1S/C8H7NO5S/c10-9(11)8(15(12,13)14)6-7-4-2-1-3-5-7/h1-6H,(H,12,13,14). The van der Waals surface area contributed by atoms with Crippen molar-refractivity contribution < 1.29 is 17.9 Å². The molecule has 0 aliphatic carbocycles. The van der Waals surface area contributed by atoms with Crippen LogP contribution in [-0.2, 0) is 10.1 Å². The van der Waals surface area contributed by atoms with E-state index in [1.165, 1.54) is 12.1 Å². The van der Waals surface area contributed by atoms with Crippen molar-refractivity contribution in [1.29, 1.82) is 0 Å². The average Bonchev–Trinajstić information content (AvgIpc) is 2.13. The topological polar surface area (TPSA) is 97.5 Å². The second kappa shape index (κ2) is 4.20. The molecule has 0 aliphatic rings. The van der Waals surface area contributed by atoms with Crippen LogP contribution in [0.3, 0.4) is 0 Å². The first kappa shape index (κ1) is 11.3. The summed E-state index contributed by atoms with van der Waals surface area (Å²) in [6, 6.07) is 7.82. The molecule has 0 heterocycles. The van der Waals surface area contributed by atoms with Crippen LogP contribution >= 0.6 is 0 Å². The first-order valence-electron chi connectivity index (χ1n) is 3.80. The Balaban J connectivity index is 3.24. The van der Waals surface area contributed by atoms with Crippen LogP contribution in [0.25, 0.3) is 6.08 Å². The molecule has 0 radical (unpaired) electrons. The number of nitrogens with zero attached hydrogens (tertiary/aromatic N) is 1. The maximum absolute atomic E-state index is 10.6. The highest BCUT2D eigenvalue weighted by atomic mass is 32.2. The molecule has 0 aromatic heterocycles. The lowest BCUT2D eigenvalue weighted by Crippen LogP contribution is -2.10. The third-order valence-electron chi connectivity index (χ3n) is 1.53. The molecular weight excluding hydrogens is 222 g/mol. The van der Waals surface area contributed by atoms with E-state index in [1.54, 1.807) is 18.2 Å². The summed E-state index contributed by atoms with van der Waals surface area (Å²) in [5, 5.41) is 9.11. The molecule has 1 N–H and O–H groups in total.